The maximum Gasteiger partial charge on any atom is 0.337 e. The highest BCUT2D eigenvalue weighted by atomic mass is 16.4. The van der Waals surface area contributed by atoms with Crippen molar-refractivity contribution in [3.05, 3.63) is 63.1 Å². The molecule has 21 heavy (non-hydrogen) atoms. The van der Waals surface area contributed by atoms with Crippen LogP contribution in [0.3, 0.4) is 0 Å². The summed E-state index contributed by atoms with van der Waals surface area (Å²) >= 11 is 0. The van der Waals surface area contributed by atoms with Crippen LogP contribution in [0.25, 0.3) is 0 Å². The normalized spacial score (nSPS) is 10.2. The predicted molar refractivity (Wildman–Crippen MR) is 77.9 cm³/mol. The van der Waals surface area contributed by atoms with Gasteiger partial charge in [0, 0.05) is 5.69 Å². The third kappa shape index (κ3) is 3.00. The van der Waals surface area contributed by atoms with E-state index in [1.165, 1.54) is 12.1 Å². The van der Waals surface area contributed by atoms with Gasteiger partial charge >= 0.3 is 5.97 Å². The molecule has 0 saturated heterocycles. The number of aromatic carboxylic acids is 1. The van der Waals surface area contributed by atoms with Crippen molar-refractivity contribution in [3.63, 3.8) is 0 Å². The Balaban J connectivity index is 2.41. The summed E-state index contributed by atoms with van der Waals surface area (Å²) in [6, 6.07) is 7.67. The van der Waals surface area contributed by atoms with Gasteiger partial charge in [-0.2, -0.15) is 0 Å². The molecule has 6 heteroatoms. The number of aromatic nitrogens is 1. The minimum atomic E-state index is -1.15. The summed E-state index contributed by atoms with van der Waals surface area (Å²) in [6.07, 6.45) is 0. The number of carboxylic acid groups (broad SMARTS) is 1. The second-order valence-electron chi connectivity index (χ2n) is 4.64. The number of rotatable bonds is 3. The van der Waals surface area contributed by atoms with Crippen molar-refractivity contribution < 1.29 is 14.7 Å². The van der Waals surface area contributed by atoms with Crippen molar-refractivity contribution in [2.45, 2.75) is 13.8 Å². The Labute approximate surface area is 120 Å². The summed E-state index contributed by atoms with van der Waals surface area (Å²) < 4.78 is 0. The number of H-pyrrole nitrogens is 1. The quantitative estimate of drug-likeness (QED) is 0.802. The van der Waals surface area contributed by atoms with Gasteiger partial charge in [-0.3, -0.25) is 9.59 Å². The number of anilines is 1. The highest BCUT2D eigenvalue weighted by Crippen LogP contribution is 2.21. The first kappa shape index (κ1) is 14.5. The van der Waals surface area contributed by atoms with Crippen LogP contribution < -0.4 is 10.9 Å². The first-order valence-corrected chi connectivity index (χ1v) is 6.24. The van der Waals surface area contributed by atoms with E-state index in [1.807, 2.05) is 0 Å². The molecule has 1 aromatic carbocycles. The number of aryl methyl sites for hydroxylation is 2. The lowest BCUT2D eigenvalue weighted by Crippen LogP contribution is -2.24. The van der Waals surface area contributed by atoms with E-state index in [4.69, 9.17) is 5.11 Å². The molecule has 0 bridgehead atoms. The summed E-state index contributed by atoms with van der Waals surface area (Å²) in [6.45, 7) is 3.38. The molecular weight excluding hydrogens is 272 g/mol. The van der Waals surface area contributed by atoms with E-state index in [-0.39, 0.29) is 16.8 Å². The van der Waals surface area contributed by atoms with Crippen molar-refractivity contribution in [2.24, 2.45) is 0 Å². The molecule has 1 heterocycles. The first-order chi connectivity index (χ1) is 9.90. The van der Waals surface area contributed by atoms with Gasteiger partial charge in [-0.1, -0.05) is 12.1 Å². The Morgan fingerprint density at radius 1 is 1.10 bits per heavy atom. The van der Waals surface area contributed by atoms with Gasteiger partial charge in [0.2, 0.25) is 0 Å². The molecule has 1 aromatic heterocycles. The first-order valence-electron chi connectivity index (χ1n) is 6.24. The Kier molecular flexibility index (Phi) is 3.89. The summed E-state index contributed by atoms with van der Waals surface area (Å²) in [4.78, 5) is 37.6. The zero-order valence-corrected chi connectivity index (χ0v) is 11.6. The van der Waals surface area contributed by atoms with E-state index in [0.717, 1.165) is 0 Å². The van der Waals surface area contributed by atoms with Crippen LogP contribution in [-0.4, -0.2) is 22.0 Å². The Morgan fingerprint density at radius 2 is 1.81 bits per heavy atom. The summed E-state index contributed by atoms with van der Waals surface area (Å²) in [5.41, 5.74) is 0.825. The zero-order valence-electron chi connectivity index (χ0n) is 11.6. The lowest BCUT2D eigenvalue weighted by Gasteiger charge is -2.11. The lowest BCUT2D eigenvalue weighted by molar-refractivity contribution is 0.0698. The summed E-state index contributed by atoms with van der Waals surface area (Å²) in [5, 5.41) is 11.6. The number of carboxylic acids is 1. The number of hydrogen-bond acceptors (Lipinski definition) is 3. The second-order valence-corrected chi connectivity index (χ2v) is 4.64. The number of carbonyl (C=O) groups excluding carboxylic acids is 1. The molecule has 0 radical (unpaired) electrons. The predicted octanol–water partition coefficient (Wildman–Crippen LogP) is 1.94. The van der Waals surface area contributed by atoms with E-state index in [2.05, 4.69) is 10.3 Å². The molecule has 0 saturated carbocycles. The number of amides is 1. The molecule has 0 aliphatic carbocycles. The van der Waals surface area contributed by atoms with Gasteiger partial charge in [-0.05, 0) is 37.6 Å². The SMILES string of the molecule is Cc1ccc(C(=O)Nc2c(C)cccc2C(=O)O)c(=O)[nH]1. The fraction of sp³-hybridized carbons (Fsp3) is 0.133. The third-order valence-electron chi connectivity index (χ3n) is 3.04. The Hall–Kier alpha value is -2.89. The second kappa shape index (κ2) is 5.62. The molecule has 2 rings (SSSR count). The molecule has 108 valence electrons. The van der Waals surface area contributed by atoms with E-state index < -0.39 is 17.4 Å². The largest absolute Gasteiger partial charge is 0.478 e. The van der Waals surface area contributed by atoms with Crippen LogP contribution in [-0.2, 0) is 0 Å². The molecule has 1 amide bonds. The Bertz CT molecular complexity index is 777. The van der Waals surface area contributed by atoms with Crippen LogP contribution in [0.4, 0.5) is 5.69 Å². The van der Waals surface area contributed by atoms with E-state index >= 15 is 0 Å². The minimum absolute atomic E-state index is 0.0214. The standard InChI is InChI=1S/C15H14N2O4/c1-8-4-3-5-10(15(20)21)12(8)17-14(19)11-7-6-9(2)16-13(11)18/h3-7H,1-2H3,(H,16,18)(H,17,19)(H,20,21). The topological polar surface area (TPSA) is 99.3 Å². The van der Waals surface area contributed by atoms with Crippen LogP contribution in [0.2, 0.25) is 0 Å². The van der Waals surface area contributed by atoms with Gasteiger partial charge in [0.25, 0.3) is 11.5 Å². The fourth-order valence-corrected chi connectivity index (χ4v) is 1.94. The molecule has 6 nitrogen and oxygen atoms in total. The number of benzene rings is 1. The summed E-state index contributed by atoms with van der Waals surface area (Å²) in [7, 11) is 0. The fourth-order valence-electron chi connectivity index (χ4n) is 1.94. The van der Waals surface area contributed by atoms with Crippen LogP contribution >= 0.6 is 0 Å². The molecule has 0 aliphatic rings. The van der Waals surface area contributed by atoms with Gasteiger partial charge in [0.05, 0.1) is 11.3 Å². The number of para-hydroxylation sites is 1. The van der Waals surface area contributed by atoms with Crippen molar-refractivity contribution in [2.75, 3.05) is 5.32 Å². The molecular formula is C15H14N2O4. The number of aromatic amines is 1. The number of pyridine rings is 1. The molecule has 0 fully saturated rings. The van der Waals surface area contributed by atoms with Gasteiger partial charge < -0.3 is 15.4 Å². The molecule has 2 aromatic rings. The Morgan fingerprint density at radius 3 is 2.43 bits per heavy atom. The number of carbonyl (C=O) groups is 2. The van der Waals surface area contributed by atoms with Crippen molar-refractivity contribution in [3.8, 4) is 0 Å². The van der Waals surface area contributed by atoms with E-state index in [0.29, 0.717) is 11.3 Å². The monoisotopic (exact) mass is 286 g/mol. The summed E-state index contributed by atoms with van der Waals surface area (Å²) in [5.74, 6) is -1.79. The van der Waals surface area contributed by atoms with Gasteiger partial charge in [0.15, 0.2) is 0 Å². The highest BCUT2D eigenvalue weighted by Gasteiger charge is 2.17. The zero-order chi connectivity index (χ0) is 15.6. The lowest BCUT2D eigenvalue weighted by atomic mass is 10.1. The number of hydrogen-bond donors (Lipinski definition) is 3. The average molecular weight is 286 g/mol. The molecule has 0 atom stereocenters. The minimum Gasteiger partial charge on any atom is -0.478 e. The molecule has 3 N–H and O–H groups in total. The van der Waals surface area contributed by atoms with Gasteiger partial charge in [-0.25, -0.2) is 4.79 Å². The number of nitrogens with one attached hydrogen (secondary N) is 2. The maximum atomic E-state index is 12.1. The van der Waals surface area contributed by atoms with Crippen LogP contribution in [0.1, 0.15) is 32.0 Å². The smallest absolute Gasteiger partial charge is 0.337 e. The van der Waals surface area contributed by atoms with Crippen molar-refractivity contribution in [1.82, 2.24) is 4.98 Å². The van der Waals surface area contributed by atoms with Crippen LogP contribution in [0, 0.1) is 13.8 Å². The van der Waals surface area contributed by atoms with E-state index in [9.17, 15) is 14.4 Å². The maximum absolute atomic E-state index is 12.1. The molecule has 0 spiro atoms. The molecule has 0 unspecified atom stereocenters. The molecule has 0 aliphatic heterocycles. The highest BCUT2D eigenvalue weighted by molar-refractivity contribution is 6.08. The third-order valence-corrected chi connectivity index (χ3v) is 3.04. The average Bonchev–Trinajstić information content (AvgIpc) is 2.40. The van der Waals surface area contributed by atoms with Crippen LogP contribution in [0.15, 0.2) is 35.1 Å². The van der Waals surface area contributed by atoms with Crippen LogP contribution in [0.5, 0.6) is 0 Å². The van der Waals surface area contributed by atoms with Gasteiger partial charge in [-0.15, -0.1) is 0 Å². The van der Waals surface area contributed by atoms with Gasteiger partial charge in [0.1, 0.15) is 5.56 Å². The van der Waals surface area contributed by atoms with Crippen molar-refractivity contribution >= 4 is 17.6 Å². The van der Waals surface area contributed by atoms with Crippen molar-refractivity contribution in [1.29, 1.82) is 0 Å². The van der Waals surface area contributed by atoms with E-state index in [1.54, 1.807) is 32.0 Å².